The summed E-state index contributed by atoms with van der Waals surface area (Å²) in [7, 11) is 1.86. The molecule has 19 heavy (non-hydrogen) atoms. The summed E-state index contributed by atoms with van der Waals surface area (Å²) in [6.45, 7) is 2.10. The normalized spacial score (nSPS) is 34.4. The van der Waals surface area contributed by atoms with Gasteiger partial charge >= 0.3 is 12.0 Å². The second kappa shape index (κ2) is 4.39. The Morgan fingerprint density at radius 2 is 1.95 bits per heavy atom. The predicted octanol–water partition coefficient (Wildman–Crippen LogP) is 1.77. The molecule has 2 amide bonds. The van der Waals surface area contributed by atoms with Crippen LogP contribution in [0, 0.1) is 11.8 Å². The minimum absolute atomic E-state index is 0.0376. The van der Waals surface area contributed by atoms with Gasteiger partial charge in [0.25, 0.3) is 0 Å². The van der Waals surface area contributed by atoms with Crippen molar-refractivity contribution in [2.45, 2.75) is 57.2 Å². The van der Waals surface area contributed by atoms with E-state index in [4.69, 9.17) is 0 Å². The molecule has 3 fully saturated rings. The van der Waals surface area contributed by atoms with E-state index >= 15 is 0 Å². The fourth-order valence-corrected chi connectivity index (χ4v) is 3.80. The summed E-state index contributed by atoms with van der Waals surface area (Å²) in [5.74, 6) is -0.459. The van der Waals surface area contributed by atoms with Gasteiger partial charge in [-0.05, 0) is 44.9 Å². The fourth-order valence-electron chi connectivity index (χ4n) is 3.80. The molecule has 5 heteroatoms. The van der Waals surface area contributed by atoms with Crippen molar-refractivity contribution in [3.63, 3.8) is 0 Å². The van der Waals surface area contributed by atoms with Crippen LogP contribution >= 0.6 is 0 Å². The molecule has 2 saturated heterocycles. The maximum absolute atomic E-state index is 12.6. The van der Waals surface area contributed by atoms with Crippen LogP contribution in [-0.2, 0) is 4.79 Å². The average Bonchev–Trinajstić information content (AvgIpc) is 3.08. The van der Waals surface area contributed by atoms with Crippen LogP contribution < -0.4 is 0 Å². The minimum atomic E-state index is -0.747. The minimum Gasteiger partial charge on any atom is -0.481 e. The Morgan fingerprint density at radius 3 is 2.47 bits per heavy atom. The second-order valence-electron chi connectivity index (χ2n) is 6.36. The summed E-state index contributed by atoms with van der Waals surface area (Å²) in [5, 5.41) is 9.23. The quantitative estimate of drug-likeness (QED) is 0.847. The van der Waals surface area contributed by atoms with Crippen LogP contribution in [0.2, 0.25) is 0 Å². The zero-order chi connectivity index (χ0) is 13.7. The van der Waals surface area contributed by atoms with Crippen LogP contribution in [0.4, 0.5) is 4.79 Å². The first kappa shape index (κ1) is 12.8. The van der Waals surface area contributed by atoms with E-state index in [1.54, 1.807) is 0 Å². The maximum Gasteiger partial charge on any atom is 0.320 e. The van der Waals surface area contributed by atoms with Gasteiger partial charge in [-0.3, -0.25) is 4.79 Å². The van der Waals surface area contributed by atoms with Crippen LogP contribution in [0.15, 0.2) is 0 Å². The molecule has 0 radical (unpaired) electrons. The number of carbonyl (C=O) groups excluding carboxylic acids is 1. The van der Waals surface area contributed by atoms with Crippen molar-refractivity contribution >= 4 is 12.0 Å². The second-order valence-corrected chi connectivity index (χ2v) is 6.36. The van der Waals surface area contributed by atoms with Gasteiger partial charge in [-0.2, -0.15) is 0 Å². The van der Waals surface area contributed by atoms with Gasteiger partial charge in [-0.15, -0.1) is 0 Å². The van der Waals surface area contributed by atoms with Crippen molar-refractivity contribution in [3.05, 3.63) is 0 Å². The molecule has 4 atom stereocenters. The number of nitrogens with zero attached hydrogens (tertiary/aromatic N) is 2. The van der Waals surface area contributed by atoms with Gasteiger partial charge in [-0.25, -0.2) is 4.79 Å². The molecule has 2 heterocycles. The van der Waals surface area contributed by atoms with E-state index in [1.165, 1.54) is 12.8 Å². The summed E-state index contributed by atoms with van der Waals surface area (Å²) in [6, 6.07) is 0.378. The van der Waals surface area contributed by atoms with Crippen molar-refractivity contribution < 1.29 is 14.7 Å². The van der Waals surface area contributed by atoms with E-state index in [9.17, 15) is 14.7 Å². The largest absolute Gasteiger partial charge is 0.481 e. The van der Waals surface area contributed by atoms with Gasteiger partial charge in [-0.1, -0.05) is 0 Å². The maximum atomic E-state index is 12.6. The molecule has 3 rings (SSSR count). The van der Waals surface area contributed by atoms with Crippen molar-refractivity contribution in [3.8, 4) is 0 Å². The van der Waals surface area contributed by atoms with Crippen LogP contribution in [0.3, 0.4) is 0 Å². The third kappa shape index (κ3) is 1.99. The molecule has 5 nitrogen and oxygen atoms in total. The number of urea groups is 1. The molecule has 1 N–H and O–H groups in total. The Bertz CT molecular complexity index is 407. The van der Waals surface area contributed by atoms with Gasteiger partial charge in [0.2, 0.25) is 0 Å². The van der Waals surface area contributed by atoms with E-state index in [0.29, 0.717) is 12.3 Å². The molecule has 1 aliphatic carbocycles. The lowest BCUT2D eigenvalue weighted by Gasteiger charge is -2.32. The number of carboxylic acid groups (broad SMARTS) is 1. The molecule has 0 aromatic heterocycles. The van der Waals surface area contributed by atoms with E-state index in [2.05, 4.69) is 6.92 Å². The van der Waals surface area contributed by atoms with E-state index < -0.39 is 5.97 Å². The number of aliphatic carboxylic acids is 1. The molecule has 0 aromatic carbocycles. The Kier molecular flexibility index (Phi) is 2.95. The lowest BCUT2D eigenvalue weighted by Crippen LogP contribution is -2.48. The molecule has 3 aliphatic rings. The van der Waals surface area contributed by atoms with Gasteiger partial charge in [0.05, 0.1) is 5.92 Å². The molecule has 2 bridgehead atoms. The lowest BCUT2D eigenvalue weighted by atomic mass is 9.89. The first-order valence-electron chi connectivity index (χ1n) is 7.28. The third-order valence-electron chi connectivity index (χ3n) is 5.29. The molecule has 106 valence electrons. The summed E-state index contributed by atoms with van der Waals surface area (Å²) >= 11 is 0. The Balaban J connectivity index is 1.72. The van der Waals surface area contributed by atoms with Gasteiger partial charge in [0.15, 0.2) is 0 Å². The molecule has 4 unspecified atom stereocenters. The number of rotatable bonds is 3. The number of hydrogen-bond donors (Lipinski definition) is 1. The number of carbonyl (C=O) groups is 2. The molecule has 0 aromatic rings. The SMILES string of the molecule is CC(C1CC1)N(C)C(=O)N1C2CCC1C(C(=O)O)C2. The predicted molar refractivity (Wildman–Crippen MR) is 69.7 cm³/mol. The molecule has 0 spiro atoms. The van der Waals surface area contributed by atoms with Crippen molar-refractivity contribution in [2.75, 3.05) is 7.05 Å². The van der Waals surface area contributed by atoms with Gasteiger partial charge < -0.3 is 14.9 Å². The summed E-state index contributed by atoms with van der Waals surface area (Å²) in [4.78, 5) is 27.5. The molecule has 1 saturated carbocycles. The highest BCUT2D eigenvalue weighted by Gasteiger charge is 2.52. The van der Waals surface area contributed by atoms with Crippen LogP contribution in [0.1, 0.15) is 39.0 Å². The lowest BCUT2D eigenvalue weighted by molar-refractivity contribution is -0.142. The first-order chi connectivity index (χ1) is 9.00. The number of fused-ring (bicyclic) bond motifs is 2. The highest BCUT2D eigenvalue weighted by molar-refractivity contribution is 5.79. The van der Waals surface area contributed by atoms with Crippen LogP contribution in [-0.4, -0.2) is 52.1 Å². The van der Waals surface area contributed by atoms with E-state index in [0.717, 1.165) is 12.8 Å². The first-order valence-corrected chi connectivity index (χ1v) is 7.28. The topological polar surface area (TPSA) is 60.9 Å². The smallest absolute Gasteiger partial charge is 0.320 e. The van der Waals surface area contributed by atoms with Gasteiger partial charge in [0.1, 0.15) is 0 Å². The Hall–Kier alpha value is -1.26. The van der Waals surface area contributed by atoms with E-state index in [1.807, 2.05) is 16.8 Å². The van der Waals surface area contributed by atoms with Crippen molar-refractivity contribution in [1.29, 1.82) is 0 Å². The highest BCUT2D eigenvalue weighted by atomic mass is 16.4. The molecular formula is C14H22N2O3. The van der Waals surface area contributed by atoms with Crippen molar-refractivity contribution in [2.24, 2.45) is 11.8 Å². The third-order valence-corrected chi connectivity index (χ3v) is 5.29. The fraction of sp³-hybridized carbons (Fsp3) is 0.857. The summed E-state index contributed by atoms with van der Waals surface area (Å²) < 4.78 is 0. The number of hydrogen-bond acceptors (Lipinski definition) is 2. The highest BCUT2D eigenvalue weighted by Crippen LogP contribution is 2.43. The number of carboxylic acids is 1. The van der Waals surface area contributed by atoms with Crippen molar-refractivity contribution in [1.82, 2.24) is 9.80 Å². The molecule has 2 aliphatic heterocycles. The zero-order valence-electron chi connectivity index (χ0n) is 11.6. The number of amides is 2. The van der Waals surface area contributed by atoms with E-state index in [-0.39, 0.29) is 30.1 Å². The van der Waals surface area contributed by atoms with Crippen LogP contribution in [0.25, 0.3) is 0 Å². The zero-order valence-corrected chi connectivity index (χ0v) is 11.6. The monoisotopic (exact) mass is 266 g/mol. The average molecular weight is 266 g/mol. The Morgan fingerprint density at radius 1 is 1.26 bits per heavy atom. The summed E-state index contributed by atoms with van der Waals surface area (Å²) in [6.07, 6.45) is 4.87. The summed E-state index contributed by atoms with van der Waals surface area (Å²) in [5.41, 5.74) is 0. The standard InChI is InChI=1S/C14H22N2O3/c1-8(9-3-4-9)15(2)14(19)16-10-5-6-12(16)11(7-10)13(17)18/h8-12H,3-7H2,1-2H3,(H,17,18). The Labute approximate surface area is 113 Å². The molecular weight excluding hydrogens is 244 g/mol. The van der Waals surface area contributed by atoms with Gasteiger partial charge in [0, 0.05) is 25.2 Å². The van der Waals surface area contributed by atoms with Crippen LogP contribution in [0.5, 0.6) is 0 Å².